The minimum atomic E-state index is -3.50. The van der Waals surface area contributed by atoms with Crippen LogP contribution in [0.25, 0.3) is 10.9 Å². The van der Waals surface area contributed by atoms with Crippen molar-refractivity contribution in [2.24, 2.45) is 0 Å². The zero-order valence-corrected chi connectivity index (χ0v) is 13.2. The lowest BCUT2D eigenvalue weighted by Crippen LogP contribution is -2.28. The molecule has 1 N–H and O–H groups in total. The van der Waals surface area contributed by atoms with Crippen molar-refractivity contribution < 1.29 is 13.2 Å². The Labute approximate surface area is 135 Å². The Bertz CT molecular complexity index is 891. The Morgan fingerprint density at radius 2 is 1.74 bits per heavy atom. The third-order valence-corrected chi connectivity index (χ3v) is 4.78. The minimum Gasteiger partial charge on any atom is -0.490 e. The summed E-state index contributed by atoms with van der Waals surface area (Å²) in [5.74, 6) is 0.641. The lowest BCUT2D eigenvalue weighted by atomic mass is 10.2. The molecule has 0 bridgehead atoms. The average molecular weight is 328 g/mol. The molecular formula is C17H16N2O3S. The number of nitrogens with one attached hydrogen (secondary N) is 1. The van der Waals surface area contributed by atoms with Gasteiger partial charge in [0.15, 0.2) is 0 Å². The highest BCUT2D eigenvalue weighted by molar-refractivity contribution is 7.89. The predicted octanol–water partition coefficient (Wildman–Crippen LogP) is 2.59. The Kier molecular flexibility index (Phi) is 4.55. The molecule has 0 radical (unpaired) electrons. The van der Waals surface area contributed by atoms with E-state index in [0.717, 1.165) is 10.9 Å². The fourth-order valence-corrected chi connectivity index (χ4v) is 3.25. The molecule has 1 aromatic heterocycles. The Morgan fingerprint density at radius 3 is 2.57 bits per heavy atom. The van der Waals surface area contributed by atoms with Crippen LogP contribution in [0.2, 0.25) is 0 Å². The molecule has 0 fully saturated rings. The number of para-hydroxylation sites is 1. The molecule has 0 spiro atoms. The maximum absolute atomic E-state index is 12.1. The van der Waals surface area contributed by atoms with Gasteiger partial charge in [0.1, 0.15) is 17.9 Å². The maximum Gasteiger partial charge on any atom is 0.240 e. The van der Waals surface area contributed by atoms with Crippen molar-refractivity contribution in [3.63, 3.8) is 0 Å². The number of nitrogens with zero attached hydrogens (tertiary/aromatic N) is 1. The zero-order chi connectivity index (χ0) is 16.1. The van der Waals surface area contributed by atoms with E-state index in [1.54, 1.807) is 36.5 Å². The molecule has 0 amide bonds. The lowest BCUT2D eigenvalue weighted by Gasteiger charge is -2.10. The van der Waals surface area contributed by atoms with E-state index in [1.165, 1.54) is 0 Å². The van der Waals surface area contributed by atoms with Crippen molar-refractivity contribution in [1.82, 2.24) is 9.71 Å². The Morgan fingerprint density at radius 1 is 0.957 bits per heavy atom. The summed E-state index contributed by atoms with van der Waals surface area (Å²) in [6.45, 7) is 0.405. The van der Waals surface area contributed by atoms with Gasteiger partial charge >= 0.3 is 0 Å². The summed E-state index contributed by atoms with van der Waals surface area (Å²) in [7, 11) is -3.50. The van der Waals surface area contributed by atoms with E-state index in [1.807, 2.05) is 30.3 Å². The molecule has 3 aromatic rings. The van der Waals surface area contributed by atoms with E-state index in [0.29, 0.717) is 5.75 Å². The van der Waals surface area contributed by atoms with Crippen LogP contribution in [0, 0.1) is 0 Å². The van der Waals surface area contributed by atoms with Crippen LogP contribution in [0.5, 0.6) is 5.75 Å². The van der Waals surface area contributed by atoms with Crippen LogP contribution in [0.15, 0.2) is 71.8 Å². The molecule has 5 nitrogen and oxygen atoms in total. The van der Waals surface area contributed by atoms with Crippen molar-refractivity contribution in [2.45, 2.75) is 4.90 Å². The Balaban J connectivity index is 1.62. The predicted molar refractivity (Wildman–Crippen MR) is 88.9 cm³/mol. The largest absolute Gasteiger partial charge is 0.490 e. The third kappa shape index (κ3) is 3.67. The fourth-order valence-electron chi connectivity index (χ4n) is 2.21. The number of pyridine rings is 1. The van der Waals surface area contributed by atoms with Crippen LogP contribution in [-0.2, 0) is 10.0 Å². The monoisotopic (exact) mass is 328 g/mol. The SMILES string of the molecule is O=S(=O)(NCCOc1cccc2cccnc12)c1ccccc1. The van der Waals surface area contributed by atoms with Crippen LogP contribution in [-0.4, -0.2) is 26.6 Å². The number of fused-ring (bicyclic) bond motifs is 1. The van der Waals surface area contributed by atoms with Gasteiger partial charge < -0.3 is 4.74 Å². The van der Waals surface area contributed by atoms with E-state index in [-0.39, 0.29) is 18.0 Å². The highest BCUT2D eigenvalue weighted by atomic mass is 32.2. The maximum atomic E-state index is 12.1. The molecule has 0 saturated heterocycles. The van der Waals surface area contributed by atoms with Gasteiger partial charge in [-0.3, -0.25) is 4.98 Å². The smallest absolute Gasteiger partial charge is 0.240 e. The van der Waals surface area contributed by atoms with Gasteiger partial charge in [-0.25, -0.2) is 13.1 Å². The summed E-state index contributed by atoms with van der Waals surface area (Å²) in [6, 6.07) is 17.7. The molecule has 0 atom stereocenters. The van der Waals surface area contributed by atoms with Crippen molar-refractivity contribution in [3.05, 3.63) is 66.9 Å². The van der Waals surface area contributed by atoms with Gasteiger partial charge in [-0.1, -0.05) is 36.4 Å². The number of sulfonamides is 1. The quantitative estimate of drug-likeness (QED) is 0.706. The molecule has 3 rings (SSSR count). The van der Waals surface area contributed by atoms with Crippen molar-refractivity contribution >= 4 is 20.9 Å². The normalized spacial score (nSPS) is 11.5. The summed E-state index contributed by atoms with van der Waals surface area (Å²) in [4.78, 5) is 4.54. The number of ether oxygens (including phenoxy) is 1. The fraction of sp³-hybridized carbons (Fsp3) is 0.118. The van der Waals surface area contributed by atoms with Crippen molar-refractivity contribution in [1.29, 1.82) is 0 Å². The minimum absolute atomic E-state index is 0.181. The highest BCUT2D eigenvalue weighted by Gasteiger charge is 2.12. The second-order valence-corrected chi connectivity index (χ2v) is 6.66. The van der Waals surface area contributed by atoms with Crippen LogP contribution in [0.4, 0.5) is 0 Å². The lowest BCUT2D eigenvalue weighted by molar-refractivity contribution is 0.326. The summed E-state index contributed by atoms with van der Waals surface area (Å²) in [6.07, 6.45) is 1.70. The number of aromatic nitrogens is 1. The first-order chi connectivity index (χ1) is 11.2. The van der Waals surface area contributed by atoms with Crippen LogP contribution < -0.4 is 9.46 Å². The molecule has 0 aliphatic heterocycles. The summed E-state index contributed by atoms with van der Waals surface area (Å²) in [5.41, 5.74) is 0.765. The molecular weight excluding hydrogens is 312 g/mol. The van der Waals surface area contributed by atoms with E-state index in [4.69, 9.17) is 4.74 Å². The van der Waals surface area contributed by atoms with E-state index >= 15 is 0 Å². The molecule has 0 unspecified atom stereocenters. The number of hydrogen-bond acceptors (Lipinski definition) is 4. The summed E-state index contributed by atoms with van der Waals surface area (Å²) in [5, 5.41) is 0.981. The topological polar surface area (TPSA) is 68.3 Å². The first-order valence-electron chi connectivity index (χ1n) is 7.18. The van der Waals surface area contributed by atoms with E-state index in [9.17, 15) is 8.42 Å². The van der Waals surface area contributed by atoms with Crippen LogP contribution in [0.3, 0.4) is 0 Å². The number of hydrogen-bond donors (Lipinski definition) is 1. The second kappa shape index (κ2) is 6.76. The standard InChI is InChI=1S/C17H16N2O3S/c20-23(21,15-8-2-1-3-9-15)19-12-13-22-16-10-4-6-14-7-5-11-18-17(14)16/h1-11,19H,12-13H2. The first kappa shape index (κ1) is 15.5. The van der Waals surface area contributed by atoms with Gasteiger partial charge in [0.2, 0.25) is 10.0 Å². The van der Waals surface area contributed by atoms with Gasteiger partial charge in [0.25, 0.3) is 0 Å². The molecule has 118 valence electrons. The van der Waals surface area contributed by atoms with Crippen molar-refractivity contribution in [3.8, 4) is 5.75 Å². The average Bonchev–Trinajstić information content (AvgIpc) is 2.59. The Hall–Kier alpha value is -2.44. The summed E-state index contributed by atoms with van der Waals surface area (Å²) < 4.78 is 32.3. The number of rotatable bonds is 6. The molecule has 0 saturated carbocycles. The van der Waals surface area contributed by atoms with Gasteiger partial charge in [-0.05, 0) is 24.3 Å². The molecule has 6 heteroatoms. The van der Waals surface area contributed by atoms with Gasteiger partial charge in [-0.15, -0.1) is 0 Å². The van der Waals surface area contributed by atoms with Crippen LogP contribution in [0.1, 0.15) is 0 Å². The zero-order valence-electron chi connectivity index (χ0n) is 12.3. The summed E-state index contributed by atoms with van der Waals surface area (Å²) >= 11 is 0. The van der Waals surface area contributed by atoms with Gasteiger partial charge in [-0.2, -0.15) is 0 Å². The number of benzene rings is 2. The second-order valence-electron chi connectivity index (χ2n) is 4.89. The molecule has 0 aliphatic rings. The molecule has 0 aliphatic carbocycles. The van der Waals surface area contributed by atoms with Crippen molar-refractivity contribution in [2.75, 3.05) is 13.2 Å². The van der Waals surface area contributed by atoms with Gasteiger partial charge in [0.05, 0.1) is 4.90 Å². The molecule has 2 aromatic carbocycles. The van der Waals surface area contributed by atoms with Gasteiger partial charge in [0, 0.05) is 18.1 Å². The third-order valence-electron chi connectivity index (χ3n) is 3.30. The molecule has 23 heavy (non-hydrogen) atoms. The van der Waals surface area contributed by atoms with E-state index < -0.39 is 10.0 Å². The molecule has 1 heterocycles. The van der Waals surface area contributed by atoms with Crippen LogP contribution >= 0.6 is 0 Å². The first-order valence-corrected chi connectivity index (χ1v) is 8.66. The van der Waals surface area contributed by atoms with E-state index in [2.05, 4.69) is 9.71 Å². The highest BCUT2D eigenvalue weighted by Crippen LogP contribution is 2.22.